The number of aryl methyl sites for hydroxylation is 1. The van der Waals surface area contributed by atoms with Crippen LogP contribution in [0, 0.1) is 5.82 Å². The van der Waals surface area contributed by atoms with Crippen molar-refractivity contribution in [2.75, 3.05) is 6.54 Å². The highest BCUT2D eigenvalue weighted by Crippen LogP contribution is 2.56. The van der Waals surface area contributed by atoms with E-state index in [0.717, 1.165) is 30.3 Å². The van der Waals surface area contributed by atoms with Crippen molar-refractivity contribution in [1.82, 2.24) is 25.5 Å². The lowest BCUT2D eigenvalue weighted by Gasteiger charge is -2.43. The van der Waals surface area contributed by atoms with E-state index in [2.05, 4.69) is 20.6 Å². The smallest absolute Gasteiger partial charge is 0.291 e. The van der Waals surface area contributed by atoms with E-state index in [4.69, 9.17) is 0 Å². The summed E-state index contributed by atoms with van der Waals surface area (Å²) in [6.07, 6.45) is -12.8. The quantitative estimate of drug-likeness (QED) is 0.352. The molecule has 0 amide bonds. The second kappa shape index (κ2) is 8.94. The van der Waals surface area contributed by atoms with E-state index < -0.39 is 50.0 Å². The molecule has 0 spiro atoms. The monoisotopic (exact) mass is 581 g/mol. The predicted molar refractivity (Wildman–Crippen MR) is 118 cm³/mol. The molecule has 1 aliphatic carbocycles. The average Bonchev–Trinajstić information content (AvgIpc) is 3.51. The number of benzene rings is 2. The molecule has 0 bridgehead atoms. The number of halogens is 8. The SMILES string of the molecule is O=S(=O)(c1ccc(F)cc1)[C@@]12CCN(Cc3nn[nH]n3)[C@@H]1CCc1cc(C(F)(C(F)(F)F)C(F)(F)F)ccc12. The summed E-state index contributed by atoms with van der Waals surface area (Å²) >= 11 is 0. The first-order valence-corrected chi connectivity index (χ1v) is 13.0. The van der Waals surface area contributed by atoms with Gasteiger partial charge in [0.05, 0.1) is 11.4 Å². The molecule has 3 aromatic rings. The number of sulfone groups is 1. The lowest BCUT2D eigenvalue weighted by molar-refractivity contribution is -0.348. The van der Waals surface area contributed by atoms with Gasteiger partial charge in [-0.3, -0.25) is 4.90 Å². The van der Waals surface area contributed by atoms with E-state index in [9.17, 15) is 43.5 Å². The maximum absolute atomic E-state index is 14.8. The lowest BCUT2D eigenvalue weighted by atomic mass is 9.77. The first-order valence-electron chi connectivity index (χ1n) is 11.6. The van der Waals surface area contributed by atoms with Crippen molar-refractivity contribution in [3.63, 3.8) is 0 Å². The number of rotatable bonds is 5. The van der Waals surface area contributed by atoms with Gasteiger partial charge in [-0.25, -0.2) is 17.2 Å². The van der Waals surface area contributed by atoms with Crippen molar-refractivity contribution in [3.05, 3.63) is 70.8 Å². The normalized spacial score (nSPS) is 22.5. The predicted octanol–water partition coefficient (Wildman–Crippen LogP) is 4.52. The summed E-state index contributed by atoms with van der Waals surface area (Å²) in [5.74, 6) is -0.468. The fourth-order valence-corrected chi connectivity index (χ4v) is 8.16. The van der Waals surface area contributed by atoms with Gasteiger partial charge in [0, 0.05) is 18.2 Å². The summed E-state index contributed by atoms with van der Waals surface area (Å²) in [6.45, 7) is 0.212. The van der Waals surface area contributed by atoms with E-state index in [-0.39, 0.29) is 54.2 Å². The van der Waals surface area contributed by atoms with Crippen molar-refractivity contribution in [2.45, 2.75) is 59.5 Å². The van der Waals surface area contributed by atoms with Gasteiger partial charge in [0.25, 0.3) is 0 Å². The Morgan fingerprint density at radius 3 is 2.26 bits per heavy atom. The van der Waals surface area contributed by atoms with Gasteiger partial charge >= 0.3 is 18.0 Å². The van der Waals surface area contributed by atoms with Gasteiger partial charge in [-0.2, -0.15) is 31.6 Å². The Kier molecular flexibility index (Phi) is 6.29. The highest BCUT2D eigenvalue weighted by molar-refractivity contribution is 7.92. The summed E-state index contributed by atoms with van der Waals surface area (Å²) in [4.78, 5) is 1.46. The summed E-state index contributed by atoms with van der Waals surface area (Å²) in [5.41, 5.74) is -7.52. The molecule has 5 rings (SSSR count). The van der Waals surface area contributed by atoms with Gasteiger partial charge in [0.1, 0.15) is 10.6 Å². The summed E-state index contributed by atoms with van der Waals surface area (Å²) in [6, 6.07) is 4.78. The number of aromatic amines is 1. The standard InChI is InChI=1S/C23H19F8N5O2S/c24-15-3-5-16(6-4-15)39(37,38)20-9-10-36(12-19-32-34-35-33-19)18(20)8-1-13-11-14(2-7-17(13)20)21(25,22(26,27)28)23(29,30)31/h2-7,11,18H,1,8-10,12H2,(H,32,33,34,35)/t18-,20-/m1/s1. The van der Waals surface area contributed by atoms with E-state index in [1.54, 1.807) is 4.90 Å². The van der Waals surface area contributed by atoms with Crippen LogP contribution in [-0.4, -0.2) is 58.9 Å². The number of H-pyrrole nitrogens is 1. The molecule has 2 heterocycles. The van der Waals surface area contributed by atoms with Crippen molar-refractivity contribution in [2.24, 2.45) is 0 Å². The maximum atomic E-state index is 14.8. The molecular formula is C23H19F8N5O2S. The van der Waals surface area contributed by atoms with E-state index in [1.165, 1.54) is 0 Å². The summed E-state index contributed by atoms with van der Waals surface area (Å²) in [7, 11) is -4.42. The Labute approximate surface area is 216 Å². The van der Waals surface area contributed by atoms with Gasteiger partial charge in [-0.15, -0.1) is 10.2 Å². The van der Waals surface area contributed by atoms with Crippen LogP contribution in [0.5, 0.6) is 0 Å². The zero-order valence-electron chi connectivity index (χ0n) is 19.7. The molecule has 2 aromatic carbocycles. The van der Waals surface area contributed by atoms with Crippen LogP contribution in [0.3, 0.4) is 0 Å². The molecular weight excluding hydrogens is 562 g/mol. The van der Waals surface area contributed by atoms with Crippen LogP contribution in [0.4, 0.5) is 35.1 Å². The number of tetrazole rings is 1. The number of nitrogens with one attached hydrogen (secondary N) is 1. The second-order valence-corrected chi connectivity index (χ2v) is 11.7. The van der Waals surface area contributed by atoms with Gasteiger partial charge < -0.3 is 0 Å². The molecule has 16 heteroatoms. The van der Waals surface area contributed by atoms with Crippen LogP contribution in [-0.2, 0) is 33.2 Å². The third-order valence-electron chi connectivity index (χ3n) is 7.51. The average molecular weight is 581 g/mol. The molecule has 7 nitrogen and oxygen atoms in total. The lowest BCUT2D eigenvalue weighted by Crippen LogP contribution is -2.52. The maximum Gasteiger partial charge on any atom is 0.435 e. The number of aromatic nitrogens is 4. The zero-order chi connectivity index (χ0) is 28.4. The molecule has 39 heavy (non-hydrogen) atoms. The molecule has 2 atom stereocenters. The third kappa shape index (κ3) is 4.01. The zero-order valence-corrected chi connectivity index (χ0v) is 20.5. The van der Waals surface area contributed by atoms with Gasteiger partial charge in [0.2, 0.25) is 0 Å². The van der Waals surface area contributed by atoms with Crippen molar-refractivity contribution in [1.29, 1.82) is 0 Å². The first-order chi connectivity index (χ1) is 18.1. The Morgan fingerprint density at radius 2 is 1.67 bits per heavy atom. The fourth-order valence-electron chi connectivity index (χ4n) is 5.77. The Hall–Kier alpha value is -3.14. The molecule has 0 saturated carbocycles. The third-order valence-corrected chi connectivity index (χ3v) is 10.1. The summed E-state index contributed by atoms with van der Waals surface area (Å²) < 4.78 is 136. The van der Waals surface area contributed by atoms with Gasteiger partial charge in [0.15, 0.2) is 15.7 Å². The van der Waals surface area contributed by atoms with Crippen molar-refractivity contribution < 1.29 is 43.5 Å². The molecule has 2 aliphatic rings. The van der Waals surface area contributed by atoms with Crippen LogP contribution in [0.25, 0.3) is 0 Å². The molecule has 0 unspecified atom stereocenters. The van der Waals surface area contributed by atoms with Crippen LogP contribution in [0.2, 0.25) is 0 Å². The van der Waals surface area contributed by atoms with E-state index in [1.807, 2.05) is 0 Å². The van der Waals surface area contributed by atoms with Gasteiger partial charge in [-0.1, -0.05) is 23.4 Å². The number of nitrogens with zero attached hydrogens (tertiary/aromatic N) is 4. The number of fused-ring (bicyclic) bond motifs is 3. The number of hydrogen-bond acceptors (Lipinski definition) is 6. The van der Waals surface area contributed by atoms with Crippen LogP contribution in [0.1, 0.15) is 35.4 Å². The van der Waals surface area contributed by atoms with Crippen molar-refractivity contribution in [3.8, 4) is 0 Å². The summed E-state index contributed by atoms with van der Waals surface area (Å²) in [5, 5.41) is 13.5. The largest absolute Gasteiger partial charge is 0.435 e. The molecule has 1 aliphatic heterocycles. The minimum absolute atomic E-state index is 0.00600. The topological polar surface area (TPSA) is 91.8 Å². The second-order valence-electron chi connectivity index (χ2n) is 9.48. The molecule has 210 valence electrons. The van der Waals surface area contributed by atoms with Crippen LogP contribution in [0.15, 0.2) is 47.4 Å². The highest BCUT2D eigenvalue weighted by atomic mass is 32.2. The first kappa shape index (κ1) is 27.4. The fraction of sp³-hybridized carbons (Fsp3) is 0.435. The minimum atomic E-state index is -6.32. The molecule has 0 radical (unpaired) electrons. The molecule has 1 aromatic heterocycles. The Balaban J connectivity index is 1.69. The van der Waals surface area contributed by atoms with Crippen molar-refractivity contribution >= 4 is 9.84 Å². The van der Waals surface area contributed by atoms with E-state index >= 15 is 0 Å². The number of alkyl halides is 7. The minimum Gasteiger partial charge on any atom is -0.291 e. The number of likely N-dealkylation sites (tertiary alicyclic amines) is 1. The van der Waals surface area contributed by atoms with Gasteiger partial charge in [-0.05, 0) is 54.7 Å². The Bertz CT molecular complexity index is 1460. The van der Waals surface area contributed by atoms with E-state index in [0.29, 0.717) is 12.1 Å². The van der Waals surface area contributed by atoms with Crippen LogP contribution >= 0.6 is 0 Å². The molecule has 1 saturated heterocycles. The molecule has 1 N–H and O–H groups in total. The highest BCUT2D eigenvalue weighted by Gasteiger charge is 2.73. The Morgan fingerprint density at radius 1 is 1.00 bits per heavy atom. The number of hydrogen-bond donors (Lipinski definition) is 1. The van der Waals surface area contributed by atoms with Crippen LogP contribution < -0.4 is 0 Å². The molecule has 1 fully saturated rings.